The van der Waals surface area contributed by atoms with Crippen molar-refractivity contribution < 1.29 is 18.0 Å². The average Bonchev–Trinajstić information content (AvgIpc) is 2.82. The van der Waals surface area contributed by atoms with Gasteiger partial charge in [0, 0.05) is 10.6 Å². The molecule has 0 amide bonds. The molecule has 1 aromatic heterocycles. The highest BCUT2D eigenvalue weighted by molar-refractivity contribution is 7.93. The van der Waals surface area contributed by atoms with E-state index in [-0.39, 0.29) is 5.75 Å². The van der Waals surface area contributed by atoms with E-state index in [1.807, 2.05) is 0 Å². The molecule has 1 aromatic carbocycles. The van der Waals surface area contributed by atoms with Gasteiger partial charge in [-0.2, -0.15) is 0 Å². The van der Waals surface area contributed by atoms with Crippen LogP contribution in [0.15, 0.2) is 45.1 Å². The monoisotopic (exact) mass is 355 g/mol. The molecule has 3 rings (SSSR count). The standard InChI is InChI=1S/C14H10ClNO4S2/c15-10-3-1-9(2-4-10)13(17)20-16-12-5-7-21-14-11(12)6-8-22(14,18)19/h1-5,7H,6,8H2. The molecule has 0 unspecified atom stereocenters. The van der Waals surface area contributed by atoms with Crippen LogP contribution in [0.4, 0.5) is 0 Å². The number of hydrogen-bond acceptors (Lipinski definition) is 6. The van der Waals surface area contributed by atoms with E-state index in [4.69, 9.17) is 16.4 Å². The van der Waals surface area contributed by atoms with Gasteiger partial charge in [0.2, 0.25) is 0 Å². The lowest BCUT2D eigenvalue weighted by molar-refractivity contribution is 0.0497. The molecule has 22 heavy (non-hydrogen) atoms. The molecule has 0 N–H and O–H groups in total. The Morgan fingerprint density at radius 1 is 1.23 bits per heavy atom. The summed E-state index contributed by atoms with van der Waals surface area (Å²) in [5.74, 6) is -0.560. The van der Waals surface area contributed by atoms with Crippen molar-refractivity contribution in [3.05, 3.63) is 57.2 Å². The second-order valence-electron chi connectivity index (χ2n) is 4.62. The van der Waals surface area contributed by atoms with Crippen molar-refractivity contribution in [3.63, 3.8) is 0 Å². The second-order valence-corrected chi connectivity index (χ2v) is 8.27. The predicted octanol–water partition coefficient (Wildman–Crippen LogP) is 2.40. The van der Waals surface area contributed by atoms with Crippen LogP contribution in [0.2, 0.25) is 5.02 Å². The molecule has 0 atom stereocenters. The molecule has 0 saturated carbocycles. The molecule has 8 heteroatoms. The fourth-order valence-electron chi connectivity index (χ4n) is 2.07. The van der Waals surface area contributed by atoms with Crippen LogP contribution in [0.1, 0.15) is 15.9 Å². The Kier molecular flexibility index (Phi) is 4.03. The van der Waals surface area contributed by atoms with Crippen molar-refractivity contribution >= 4 is 38.7 Å². The van der Waals surface area contributed by atoms with Crippen molar-refractivity contribution in [2.75, 3.05) is 5.75 Å². The first-order valence-electron chi connectivity index (χ1n) is 6.32. The summed E-state index contributed by atoms with van der Waals surface area (Å²) in [6.07, 6.45) is 0.381. The highest BCUT2D eigenvalue weighted by Gasteiger charge is 2.28. The summed E-state index contributed by atoms with van der Waals surface area (Å²) in [6, 6.07) is 7.85. The fraction of sp³-hybridized carbons (Fsp3) is 0.143. The Morgan fingerprint density at radius 2 is 1.95 bits per heavy atom. The number of fused-ring (bicyclic) bond motifs is 1. The van der Waals surface area contributed by atoms with Crippen LogP contribution in [-0.4, -0.2) is 20.1 Å². The van der Waals surface area contributed by atoms with Gasteiger partial charge in [-0.3, -0.25) is 0 Å². The maximum Gasteiger partial charge on any atom is 0.365 e. The average molecular weight is 356 g/mol. The summed E-state index contributed by atoms with van der Waals surface area (Å²) in [5, 5.41) is 6.31. The normalized spacial score (nSPS) is 16.3. The Hall–Kier alpha value is -1.70. The first kappa shape index (κ1) is 15.2. The first-order chi connectivity index (χ1) is 10.5. The number of carbonyl (C=O) groups is 1. The minimum atomic E-state index is -3.22. The Balaban J connectivity index is 1.90. The minimum Gasteiger partial charge on any atom is -0.312 e. The summed E-state index contributed by atoms with van der Waals surface area (Å²) in [4.78, 5) is 16.8. The van der Waals surface area contributed by atoms with Gasteiger partial charge in [0.25, 0.3) is 0 Å². The predicted molar refractivity (Wildman–Crippen MR) is 82.5 cm³/mol. The molecule has 0 radical (unpaired) electrons. The highest BCUT2D eigenvalue weighted by atomic mass is 35.5. The van der Waals surface area contributed by atoms with Gasteiger partial charge in [-0.25, -0.2) is 13.2 Å². The molecule has 0 fully saturated rings. The number of rotatable bonds is 2. The molecule has 2 aromatic rings. The number of nitrogens with zero attached hydrogens (tertiary/aromatic N) is 1. The van der Waals surface area contributed by atoms with E-state index >= 15 is 0 Å². The van der Waals surface area contributed by atoms with E-state index in [1.54, 1.807) is 23.6 Å². The van der Waals surface area contributed by atoms with Crippen LogP contribution < -0.4 is 5.36 Å². The van der Waals surface area contributed by atoms with Gasteiger partial charge in [-0.05, 0) is 42.1 Å². The number of carbonyl (C=O) groups excluding carboxylic acids is 1. The first-order valence-corrected chi connectivity index (χ1v) is 9.23. The summed E-state index contributed by atoms with van der Waals surface area (Å²) < 4.78 is 24.0. The van der Waals surface area contributed by atoms with Crippen molar-refractivity contribution in [2.45, 2.75) is 10.6 Å². The zero-order chi connectivity index (χ0) is 15.7. The van der Waals surface area contributed by atoms with E-state index in [1.165, 1.54) is 12.1 Å². The largest absolute Gasteiger partial charge is 0.365 e. The van der Waals surface area contributed by atoms with Crippen molar-refractivity contribution in [3.8, 4) is 0 Å². The molecule has 0 aliphatic carbocycles. The zero-order valence-electron chi connectivity index (χ0n) is 11.2. The van der Waals surface area contributed by atoms with Crippen LogP contribution in [0.25, 0.3) is 0 Å². The number of sulfone groups is 1. The highest BCUT2D eigenvalue weighted by Crippen LogP contribution is 2.26. The van der Waals surface area contributed by atoms with E-state index in [0.29, 0.717) is 32.1 Å². The van der Waals surface area contributed by atoms with Gasteiger partial charge < -0.3 is 4.84 Å². The van der Waals surface area contributed by atoms with Crippen molar-refractivity contribution in [1.29, 1.82) is 0 Å². The van der Waals surface area contributed by atoms with Gasteiger partial charge in [-0.15, -0.1) is 11.3 Å². The Bertz CT molecular complexity index is 901. The molecule has 0 bridgehead atoms. The molecular formula is C14H10ClNO4S2. The smallest absolute Gasteiger partial charge is 0.312 e. The van der Waals surface area contributed by atoms with E-state index in [2.05, 4.69) is 5.16 Å². The molecular weight excluding hydrogens is 346 g/mol. The van der Waals surface area contributed by atoms with E-state index in [9.17, 15) is 13.2 Å². The van der Waals surface area contributed by atoms with Gasteiger partial charge in [0.15, 0.2) is 9.84 Å². The number of halogens is 1. The van der Waals surface area contributed by atoms with Crippen LogP contribution in [0, 0.1) is 0 Å². The van der Waals surface area contributed by atoms with Crippen LogP contribution in [-0.2, 0) is 21.1 Å². The maximum absolute atomic E-state index is 11.9. The molecule has 0 spiro atoms. The van der Waals surface area contributed by atoms with Gasteiger partial charge in [-0.1, -0.05) is 16.8 Å². The molecule has 114 valence electrons. The number of benzene rings is 1. The molecule has 1 aliphatic rings. The van der Waals surface area contributed by atoms with Crippen LogP contribution >= 0.6 is 22.9 Å². The third-order valence-corrected chi connectivity index (χ3v) is 6.75. The van der Waals surface area contributed by atoms with Gasteiger partial charge >= 0.3 is 5.97 Å². The third-order valence-electron chi connectivity index (χ3n) is 3.17. The summed E-state index contributed by atoms with van der Waals surface area (Å²) in [5.41, 5.74) is 0.924. The second kappa shape index (κ2) is 5.83. The number of hydrogen-bond donors (Lipinski definition) is 0. The molecule has 5 nitrogen and oxygen atoms in total. The van der Waals surface area contributed by atoms with Crippen LogP contribution in [0.3, 0.4) is 0 Å². The van der Waals surface area contributed by atoms with E-state index < -0.39 is 15.8 Å². The maximum atomic E-state index is 11.9. The molecule has 2 heterocycles. The Morgan fingerprint density at radius 3 is 2.68 bits per heavy atom. The quantitative estimate of drug-likeness (QED) is 0.612. The molecule has 0 saturated heterocycles. The van der Waals surface area contributed by atoms with Crippen LogP contribution in [0.5, 0.6) is 0 Å². The van der Waals surface area contributed by atoms with Crippen molar-refractivity contribution in [2.24, 2.45) is 5.16 Å². The lowest BCUT2D eigenvalue weighted by atomic mass is 10.2. The van der Waals surface area contributed by atoms with Gasteiger partial charge in [0.05, 0.1) is 11.3 Å². The summed E-state index contributed by atoms with van der Waals surface area (Å²) >= 11 is 6.90. The molecule has 1 aliphatic heterocycles. The lowest BCUT2D eigenvalue weighted by Gasteiger charge is -1.99. The zero-order valence-corrected chi connectivity index (χ0v) is 13.5. The minimum absolute atomic E-state index is 0.0660. The van der Waals surface area contributed by atoms with E-state index in [0.717, 1.165) is 11.3 Å². The summed E-state index contributed by atoms with van der Waals surface area (Å²) in [7, 11) is -3.22. The Labute approximate surface area is 135 Å². The fourth-order valence-corrected chi connectivity index (χ4v) is 5.11. The van der Waals surface area contributed by atoms with Crippen molar-refractivity contribution in [1.82, 2.24) is 0 Å². The van der Waals surface area contributed by atoms with Gasteiger partial charge in [0.1, 0.15) is 9.57 Å². The third kappa shape index (κ3) is 2.92. The SMILES string of the molecule is O=C(ON=c1ccsc2c1CCS2(=O)=O)c1ccc(Cl)cc1. The topological polar surface area (TPSA) is 72.8 Å². The summed E-state index contributed by atoms with van der Waals surface area (Å²) in [6.45, 7) is 0. The lowest BCUT2D eigenvalue weighted by Crippen LogP contribution is -2.11.